The number of nitrogens with one attached hydrogen (secondary N) is 1. The normalized spacial score (nSPS) is 10.3. The van der Waals surface area contributed by atoms with Crippen molar-refractivity contribution in [2.75, 3.05) is 12.4 Å². The number of aromatic nitrogens is 3. The number of nitrogens with zero attached hydrogens (tertiary/aromatic N) is 3. The summed E-state index contributed by atoms with van der Waals surface area (Å²) in [6.45, 7) is 0. The molecular formula is C16H13BrN4O2. The van der Waals surface area contributed by atoms with Crippen LogP contribution in [0.2, 0.25) is 0 Å². The summed E-state index contributed by atoms with van der Waals surface area (Å²) in [5.41, 5.74) is 1.74. The van der Waals surface area contributed by atoms with Gasteiger partial charge in [-0.05, 0) is 34.1 Å². The molecule has 2 heterocycles. The predicted molar refractivity (Wildman–Crippen MR) is 90.0 cm³/mol. The third kappa shape index (κ3) is 3.40. The van der Waals surface area contributed by atoms with Gasteiger partial charge in [-0.15, -0.1) is 0 Å². The smallest absolute Gasteiger partial charge is 0.277 e. The monoisotopic (exact) mass is 372 g/mol. The van der Waals surface area contributed by atoms with E-state index in [4.69, 9.17) is 4.74 Å². The SMILES string of the molecule is COc1ccc(-n2cc(Br)c(C(=O)Nc3ccccc3)n2)cn1. The van der Waals surface area contributed by atoms with E-state index in [1.807, 2.05) is 36.4 Å². The van der Waals surface area contributed by atoms with Crippen molar-refractivity contribution in [1.29, 1.82) is 0 Å². The lowest BCUT2D eigenvalue weighted by Crippen LogP contribution is -2.13. The summed E-state index contributed by atoms with van der Waals surface area (Å²) >= 11 is 3.37. The lowest BCUT2D eigenvalue weighted by molar-refractivity contribution is 0.102. The number of rotatable bonds is 4. The first-order valence-corrected chi connectivity index (χ1v) is 7.58. The standard InChI is InChI=1S/C16H13BrN4O2/c1-23-14-8-7-12(9-18-14)21-10-13(17)15(20-21)16(22)19-11-5-3-2-4-6-11/h2-10H,1H3,(H,19,22). The zero-order valence-corrected chi connectivity index (χ0v) is 13.8. The molecule has 6 nitrogen and oxygen atoms in total. The van der Waals surface area contributed by atoms with Crippen molar-refractivity contribution >= 4 is 27.5 Å². The van der Waals surface area contributed by atoms with Crippen molar-refractivity contribution in [2.24, 2.45) is 0 Å². The van der Waals surface area contributed by atoms with E-state index in [9.17, 15) is 4.79 Å². The van der Waals surface area contributed by atoms with Crippen LogP contribution in [0, 0.1) is 0 Å². The van der Waals surface area contributed by atoms with Gasteiger partial charge in [0.2, 0.25) is 5.88 Å². The maximum Gasteiger partial charge on any atom is 0.277 e. The van der Waals surface area contributed by atoms with Gasteiger partial charge in [0.25, 0.3) is 5.91 Å². The average molecular weight is 373 g/mol. The van der Waals surface area contributed by atoms with E-state index in [2.05, 4.69) is 31.3 Å². The average Bonchev–Trinajstić information content (AvgIpc) is 2.98. The zero-order chi connectivity index (χ0) is 16.2. The van der Waals surface area contributed by atoms with E-state index in [1.165, 1.54) is 0 Å². The fraction of sp³-hybridized carbons (Fsp3) is 0.0625. The van der Waals surface area contributed by atoms with Gasteiger partial charge in [0.1, 0.15) is 0 Å². The van der Waals surface area contributed by atoms with E-state index in [-0.39, 0.29) is 5.91 Å². The maximum absolute atomic E-state index is 12.3. The highest BCUT2D eigenvalue weighted by molar-refractivity contribution is 9.10. The zero-order valence-electron chi connectivity index (χ0n) is 12.2. The van der Waals surface area contributed by atoms with Crippen LogP contribution in [0.5, 0.6) is 5.88 Å². The van der Waals surface area contributed by atoms with Crippen molar-refractivity contribution < 1.29 is 9.53 Å². The van der Waals surface area contributed by atoms with Crippen molar-refractivity contribution in [3.8, 4) is 11.6 Å². The van der Waals surface area contributed by atoms with E-state index in [1.54, 1.807) is 30.3 Å². The van der Waals surface area contributed by atoms with Crippen LogP contribution >= 0.6 is 15.9 Å². The second-order valence-electron chi connectivity index (χ2n) is 4.65. The second kappa shape index (κ2) is 6.62. The highest BCUT2D eigenvalue weighted by atomic mass is 79.9. The Kier molecular flexibility index (Phi) is 4.38. The number of ether oxygens (including phenoxy) is 1. The van der Waals surface area contributed by atoms with Gasteiger partial charge in [-0.3, -0.25) is 4.79 Å². The fourth-order valence-electron chi connectivity index (χ4n) is 1.98. The van der Waals surface area contributed by atoms with E-state index in [0.717, 1.165) is 5.69 Å². The Morgan fingerprint density at radius 1 is 1.22 bits per heavy atom. The molecule has 23 heavy (non-hydrogen) atoms. The summed E-state index contributed by atoms with van der Waals surface area (Å²) in [6, 6.07) is 12.8. The largest absolute Gasteiger partial charge is 0.481 e. The number of para-hydroxylation sites is 1. The van der Waals surface area contributed by atoms with E-state index >= 15 is 0 Å². The summed E-state index contributed by atoms with van der Waals surface area (Å²) in [7, 11) is 1.55. The number of hydrogen-bond donors (Lipinski definition) is 1. The topological polar surface area (TPSA) is 69.0 Å². The Balaban J connectivity index is 1.84. The van der Waals surface area contributed by atoms with Crippen LogP contribution < -0.4 is 10.1 Å². The molecule has 3 aromatic rings. The summed E-state index contributed by atoms with van der Waals surface area (Å²) in [5, 5.41) is 7.11. The third-order valence-corrected chi connectivity index (χ3v) is 3.69. The minimum Gasteiger partial charge on any atom is -0.481 e. The Bertz CT molecular complexity index is 816. The summed E-state index contributed by atoms with van der Waals surface area (Å²) in [4.78, 5) is 16.5. The molecule has 2 aromatic heterocycles. The van der Waals surface area contributed by atoms with Crippen LogP contribution in [-0.4, -0.2) is 27.8 Å². The van der Waals surface area contributed by atoms with Gasteiger partial charge in [-0.25, -0.2) is 9.67 Å². The third-order valence-electron chi connectivity index (χ3n) is 3.11. The summed E-state index contributed by atoms with van der Waals surface area (Å²) in [5.74, 6) is 0.227. The molecule has 116 valence electrons. The van der Waals surface area contributed by atoms with Gasteiger partial charge >= 0.3 is 0 Å². The van der Waals surface area contributed by atoms with Crippen molar-refractivity contribution in [3.05, 3.63) is 65.0 Å². The summed E-state index contributed by atoms with van der Waals surface area (Å²) < 4.78 is 7.20. The lowest BCUT2D eigenvalue weighted by atomic mass is 10.3. The highest BCUT2D eigenvalue weighted by Gasteiger charge is 2.16. The molecule has 3 rings (SSSR count). The molecule has 0 radical (unpaired) electrons. The first-order valence-electron chi connectivity index (χ1n) is 6.79. The number of anilines is 1. The number of methoxy groups -OCH3 is 1. The number of hydrogen-bond acceptors (Lipinski definition) is 4. The molecule has 0 aliphatic rings. The maximum atomic E-state index is 12.3. The Hall–Kier alpha value is -2.67. The first-order chi connectivity index (χ1) is 11.2. The van der Waals surface area contributed by atoms with Crippen LogP contribution in [-0.2, 0) is 0 Å². The van der Waals surface area contributed by atoms with Crippen LogP contribution in [0.1, 0.15) is 10.5 Å². The Morgan fingerprint density at radius 2 is 2.00 bits per heavy atom. The molecule has 0 spiro atoms. The summed E-state index contributed by atoms with van der Waals surface area (Å²) in [6.07, 6.45) is 3.33. The molecule has 0 atom stereocenters. The fourth-order valence-corrected chi connectivity index (χ4v) is 2.43. The van der Waals surface area contributed by atoms with Gasteiger partial charge in [-0.1, -0.05) is 18.2 Å². The van der Waals surface area contributed by atoms with Crippen LogP contribution in [0.25, 0.3) is 5.69 Å². The van der Waals surface area contributed by atoms with Crippen LogP contribution in [0.3, 0.4) is 0 Å². The number of carbonyl (C=O) groups excluding carboxylic acids is 1. The molecule has 1 aromatic carbocycles. The van der Waals surface area contributed by atoms with Gasteiger partial charge < -0.3 is 10.1 Å². The van der Waals surface area contributed by atoms with E-state index < -0.39 is 0 Å². The number of amides is 1. The molecule has 0 aliphatic heterocycles. The molecule has 0 fully saturated rings. The minimum atomic E-state index is -0.289. The second-order valence-corrected chi connectivity index (χ2v) is 5.50. The molecule has 7 heteroatoms. The van der Waals surface area contributed by atoms with Gasteiger partial charge in [0.15, 0.2) is 5.69 Å². The molecule has 0 bridgehead atoms. The highest BCUT2D eigenvalue weighted by Crippen LogP contribution is 2.20. The first kappa shape index (κ1) is 15.2. The number of benzene rings is 1. The molecule has 0 aliphatic carbocycles. The van der Waals surface area contributed by atoms with E-state index in [0.29, 0.717) is 21.7 Å². The van der Waals surface area contributed by atoms with Crippen molar-refractivity contribution in [2.45, 2.75) is 0 Å². The Morgan fingerprint density at radius 3 is 2.65 bits per heavy atom. The van der Waals surface area contributed by atoms with Crippen LogP contribution in [0.15, 0.2) is 59.3 Å². The number of pyridine rings is 1. The molecule has 1 amide bonds. The predicted octanol–water partition coefficient (Wildman–Crippen LogP) is 3.29. The molecule has 0 unspecified atom stereocenters. The van der Waals surface area contributed by atoms with Gasteiger partial charge in [0.05, 0.1) is 23.5 Å². The quantitative estimate of drug-likeness (QED) is 0.762. The van der Waals surface area contributed by atoms with Crippen LogP contribution in [0.4, 0.5) is 5.69 Å². The Labute approximate surface area is 141 Å². The minimum absolute atomic E-state index is 0.289. The molecule has 0 saturated heterocycles. The van der Waals surface area contributed by atoms with Gasteiger partial charge in [0, 0.05) is 18.0 Å². The lowest BCUT2D eigenvalue weighted by Gasteiger charge is -2.03. The van der Waals surface area contributed by atoms with Crippen molar-refractivity contribution in [1.82, 2.24) is 14.8 Å². The van der Waals surface area contributed by atoms with Crippen molar-refractivity contribution in [3.63, 3.8) is 0 Å². The molecule has 1 N–H and O–H groups in total. The molecule has 0 saturated carbocycles. The van der Waals surface area contributed by atoms with Gasteiger partial charge in [-0.2, -0.15) is 5.10 Å². The number of carbonyl (C=O) groups is 1. The molecular weight excluding hydrogens is 360 g/mol. The number of halogens is 1.